The Balaban J connectivity index is 1.68. The van der Waals surface area contributed by atoms with Crippen LogP contribution in [0.5, 0.6) is 0 Å². The van der Waals surface area contributed by atoms with Gasteiger partial charge in [0, 0.05) is 30.2 Å². The van der Waals surface area contributed by atoms with Crippen LogP contribution in [0.1, 0.15) is 27.6 Å². The van der Waals surface area contributed by atoms with E-state index in [1.54, 1.807) is 0 Å². The first-order valence-corrected chi connectivity index (χ1v) is 8.33. The lowest BCUT2D eigenvalue weighted by Crippen LogP contribution is -2.33. The van der Waals surface area contributed by atoms with Crippen LogP contribution in [-0.2, 0) is 0 Å². The maximum absolute atomic E-state index is 12.5. The Hall–Kier alpha value is -2.01. The number of nitrogens with zero attached hydrogens (tertiary/aromatic N) is 1. The van der Waals surface area contributed by atoms with Crippen LogP contribution >= 0.6 is 11.8 Å². The van der Waals surface area contributed by atoms with Crippen LogP contribution in [0.2, 0.25) is 0 Å². The molecular formula is C17H17NO3S. The van der Waals surface area contributed by atoms with Crippen LogP contribution in [-0.4, -0.2) is 29.6 Å². The molecule has 0 saturated carbocycles. The van der Waals surface area contributed by atoms with E-state index in [4.69, 9.17) is 4.42 Å². The summed E-state index contributed by atoms with van der Waals surface area (Å²) in [5.41, 5.74) is 1.31. The summed E-state index contributed by atoms with van der Waals surface area (Å²) in [4.78, 5) is 25.3. The second-order valence-electron chi connectivity index (χ2n) is 5.19. The van der Waals surface area contributed by atoms with Gasteiger partial charge in [0.1, 0.15) is 6.26 Å². The fourth-order valence-electron chi connectivity index (χ4n) is 2.57. The highest BCUT2D eigenvalue weighted by Gasteiger charge is 2.23. The van der Waals surface area contributed by atoms with E-state index in [2.05, 4.69) is 24.3 Å². The van der Waals surface area contributed by atoms with Gasteiger partial charge in [0.25, 0.3) is 5.91 Å². The van der Waals surface area contributed by atoms with E-state index in [0.717, 1.165) is 12.2 Å². The number of benzene rings is 1. The highest BCUT2D eigenvalue weighted by Crippen LogP contribution is 2.34. The maximum atomic E-state index is 12.5. The molecule has 1 aromatic heterocycles. The third-order valence-electron chi connectivity index (χ3n) is 3.75. The van der Waals surface area contributed by atoms with Gasteiger partial charge in [0.05, 0.1) is 5.56 Å². The molecule has 5 heteroatoms. The monoisotopic (exact) mass is 315 g/mol. The van der Waals surface area contributed by atoms with Gasteiger partial charge < -0.3 is 9.32 Å². The molecule has 0 bridgehead atoms. The first-order valence-electron chi connectivity index (χ1n) is 7.29. The summed E-state index contributed by atoms with van der Waals surface area (Å²) in [6.07, 6.45) is 2.18. The van der Waals surface area contributed by atoms with Crippen LogP contribution in [0, 0.1) is 0 Å². The number of amides is 1. The van der Waals surface area contributed by atoms with E-state index < -0.39 is 5.63 Å². The molecule has 1 fully saturated rings. The molecule has 0 N–H and O–H groups in total. The molecule has 1 aliphatic rings. The molecular weight excluding hydrogens is 298 g/mol. The van der Waals surface area contributed by atoms with Crippen molar-refractivity contribution in [1.82, 2.24) is 4.90 Å². The van der Waals surface area contributed by atoms with Crippen molar-refractivity contribution >= 4 is 17.7 Å². The van der Waals surface area contributed by atoms with Crippen LogP contribution in [0.4, 0.5) is 0 Å². The second-order valence-corrected chi connectivity index (χ2v) is 6.51. The smallest absolute Gasteiger partial charge is 0.335 e. The Kier molecular flexibility index (Phi) is 4.63. The van der Waals surface area contributed by atoms with Gasteiger partial charge in [-0.15, -0.1) is 0 Å². The molecule has 0 spiro atoms. The average molecular weight is 315 g/mol. The topological polar surface area (TPSA) is 50.5 Å². The normalized spacial score (nSPS) is 18.7. The number of carbonyl (C=O) groups excluding carboxylic acids is 1. The summed E-state index contributed by atoms with van der Waals surface area (Å²) in [5, 5.41) is 0.424. The number of carbonyl (C=O) groups is 1. The molecule has 1 amide bonds. The summed E-state index contributed by atoms with van der Waals surface area (Å²) in [6.45, 7) is 1.43. The van der Waals surface area contributed by atoms with Gasteiger partial charge in [0.15, 0.2) is 0 Å². The van der Waals surface area contributed by atoms with Crippen molar-refractivity contribution in [2.45, 2.75) is 11.7 Å². The Bertz CT molecular complexity index is 678. The molecule has 0 radical (unpaired) electrons. The molecule has 2 heterocycles. The highest BCUT2D eigenvalue weighted by molar-refractivity contribution is 7.99. The van der Waals surface area contributed by atoms with Crippen molar-refractivity contribution in [2.24, 2.45) is 0 Å². The zero-order valence-electron chi connectivity index (χ0n) is 12.1. The van der Waals surface area contributed by atoms with E-state index in [1.807, 2.05) is 22.7 Å². The first-order chi connectivity index (χ1) is 10.7. The molecule has 4 nitrogen and oxygen atoms in total. The lowest BCUT2D eigenvalue weighted by Gasteiger charge is -2.20. The van der Waals surface area contributed by atoms with Crippen molar-refractivity contribution in [3.8, 4) is 0 Å². The number of rotatable bonds is 2. The Morgan fingerprint density at radius 3 is 2.68 bits per heavy atom. The van der Waals surface area contributed by atoms with E-state index in [-0.39, 0.29) is 5.91 Å². The summed E-state index contributed by atoms with van der Waals surface area (Å²) in [7, 11) is 0. The lowest BCUT2D eigenvalue weighted by atomic mass is 10.1. The molecule has 1 aliphatic heterocycles. The minimum absolute atomic E-state index is 0.0712. The highest BCUT2D eigenvalue weighted by atomic mass is 32.2. The largest absolute Gasteiger partial charge is 0.430 e. The summed E-state index contributed by atoms with van der Waals surface area (Å²) >= 11 is 1.89. The summed E-state index contributed by atoms with van der Waals surface area (Å²) in [6, 6.07) is 13.2. The van der Waals surface area contributed by atoms with Gasteiger partial charge in [-0.25, -0.2) is 4.79 Å². The van der Waals surface area contributed by atoms with Gasteiger partial charge >= 0.3 is 5.63 Å². The fraction of sp³-hybridized carbons (Fsp3) is 0.294. The second kappa shape index (κ2) is 6.83. The van der Waals surface area contributed by atoms with Crippen molar-refractivity contribution < 1.29 is 9.21 Å². The van der Waals surface area contributed by atoms with E-state index in [0.29, 0.717) is 23.9 Å². The predicted octanol–water partition coefficient (Wildman–Crippen LogP) is 2.96. The van der Waals surface area contributed by atoms with Gasteiger partial charge in [0.2, 0.25) is 0 Å². The molecule has 1 saturated heterocycles. The minimum Gasteiger partial charge on any atom is -0.430 e. The average Bonchev–Trinajstić information content (AvgIpc) is 2.82. The van der Waals surface area contributed by atoms with Crippen LogP contribution in [0.3, 0.4) is 0 Å². The van der Waals surface area contributed by atoms with Crippen molar-refractivity contribution in [3.05, 3.63) is 70.3 Å². The third kappa shape index (κ3) is 3.42. The molecule has 3 rings (SSSR count). The lowest BCUT2D eigenvalue weighted by molar-refractivity contribution is 0.0764. The van der Waals surface area contributed by atoms with Crippen LogP contribution in [0.15, 0.2) is 57.9 Å². The Labute approximate surface area is 133 Å². The fourth-order valence-corrected chi connectivity index (χ4v) is 3.80. The van der Waals surface area contributed by atoms with Gasteiger partial charge in [-0.1, -0.05) is 30.3 Å². The Morgan fingerprint density at radius 2 is 1.95 bits per heavy atom. The van der Waals surface area contributed by atoms with Gasteiger partial charge in [-0.3, -0.25) is 4.79 Å². The Morgan fingerprint density at radius 1 is 1.14 bits per heavy atom. The molecule has 1 unspecified atom stereocenters. The van der Waals surface area contributed by atoms with Crippen LogP contribution in [0.25, 0.3) is 0 Å². The minimum atomic E-state index is -0.438. The van der Waals surface area contributed by atoms with Crippen molar-refractivity contribution in [1.29, 1.82) is 0 Å². The molecule has 0 aliphatic carbocycles. The molecule has 1 aromatic carbocycles. The SMILES string of the molecule is O=C(c1ccc(=O)oc1)N1CCSC(c2ccccc2)CC1. The predicted molar refractivity (Wildman–Crippen MR) is 87.1 cm³/mol. The third-order valence-corrected chi connectivity index (χ3v) is 5.08. The quantitative estimate of drug-likeness (QED) is 0.855. The van der Waals surface area contributed by atoms with Gasteiger partial charge in [-0.05, 0) is 18.1 Å². The van der Waals surface area contributed by atoms with E-state index >= 15 is 0 Å². The molecule has 114 valence electrons. The van der Waals surface area contributed by atoms with Crippen molar-refractivity contribution in [2.75, 3.05) is 18.8 Å². The number of thioether (sulfide) groups is 1. The summed E-state index contributed by atoms with van der Waals surface area (Å²) < 4.78 is 4.78. The molecule has 1 atom stereocenters. The zero-order chi connectivity index (χ0) is 15.4. The summed E-state index contributed by atoms with van der Waals surface area (Å²) in [5.74, 6) is 0.834. The maximum Gasteiger partial charge on any atom is 0.335 e. The number of hydrogen-bond donors (Lipinski definition) is 0. The van der Waals surface area contributed by atoms with Crippen LogP contribution < -0.4 is 5.63 Å². The van der Waals surface area contributed by atoms with Crippen molar-refractivity contribution in [3.63, 3.8) is 0 Å². The van der Waals surface area contributed by atoms with E-state index in [9.17, 15) is 9.59 Å². The van der Waals surface area contributed by atoms with Gasteiger partial charge in [-0.2, -0.15) is 11.8 Å². The van der Waals surface area contributed by atoms with E-state index in [1.165, 1.54) is 24.0 Å². The number of hydrogen-bond acceptors (Lipinski definition) is 4. The molecule has 2 aromatic rings. The molecule has 22 heavy (non-hydrogen) atoms. The first kappa shape index (κ1) is 14.9. The standard InChI is InChI=1S/C17H17NO3S/c19-16-7-6-14(12-21-16)17(20)18-9-8-15(22-11-10-18)13-4-2-1-3-5-13/h1-7,12,15H,8-11H2. The zero-order valence-corrected chi connectivity index (χ0v) is 12.9.